The molecule has 0 bridgehead atoms. The number of aromatic nitrogens is 2. The fourth-order valence-corrected chi connectivity index (χ4v) is 5.15. The number of nitrogens with zero attached hydrogens (tertiary/aromatic N) is 5. The Morgan fingerprint density at radius 1 is 0.861 bits per heavy atom. The van der Waals surface area contributed by atoms with Crippen molar-refractivity contribution in [2.75, 3.05) is 50.8 Å². The third kappa shape index (κ3) is 6.29. The average Bonchev–Trinajstić information content (AvgIpc) is 3.28. The van der Waals surface area contributed by atoms with Crippen LogP contribution in [0.4, 0.5) is 5.82 Å². The molecule has 2 aromatic carbocycles. The molecule has 3 aromatic rings. The Kier molecular flexibility index (Phi) is 9.42. The van der Waals surface area contributed by atoms with Gasteiger partial charge in [-0.05, 0) is 62.7 Å². The SMILES string of the molecule is CCCN(Cc1ccc(OCC)cc1)Cc1c(CC)nn(-c2ccccc2)c1N1CCN(CC)CC1. The molecule has 36 heavy (non-hydrogen) atoms. The first-order chi connectivity index (χ1) is 17.7. The molecule has 1 aliphatic rings. The van der Waals surface area contributed by atoms with E-state index in [0.717, 1.165) is 76.6 Å². The van der Waals surface area contributed by atoms with Gasteiger partial charge in [0, 0.05) is 44.8 Å². The van der Waals surface area contributed by atoms with Gasteiger partial charge in [0.15, 0.2) is 0 Å². The quantitative estimate of drug-likeness (QED) is 0.341. The lowest BCUT2D eigenvalue weighted by atomic mass is 10.1. The van der Waals surface area contributed by atoms with Crippen LogP contribution in [0.1, 0.15) is 50.9 Å². The van der Waals surface area contributed by atoms with Gasteiger partial charge in [-0.1, -0.05) is 51.1 Å². The van der Waals surface area contributed by atoms with Gasteiger partial charge in [-0.25, -0.2) is 4.68 Å². The number of piperazine rings is 1. The normalized spacial score (nSPS) is 14.5. The van der Waals surface area contributed by atoms with Crippen molar-refractivity contribution in [1.82, 2.24) is 19.6 Å². The van der Waals surface area contributed by atoms with Crippen molar-refractivity contribution < 1.29 is 4.74 Å². The molecule has 6 nitrogen and oxygen atoms in total. The summed E-state index contributed by atoms with van der Waals surface area (Å²) in [4.78, 5) is 7.68. The molecule has 1 aromatic heterocycles. The molecule has 0 N–H and O–H groups in total. The second-order valence-corrected chi connectivity index (χ2v) is 9.56. The summed E-state index contributed by atoms with van der Waals surface area (Å²) in [5, 5.41) is 5.18. The first-order valence-corrected chi connectivity index (χ1v) is 13.7. The zero-order chi connectivity index (χ0) is 25.3. The standard InChI is InChI=1S/C30H43N5O/c1-5-18-33(23-25-14-16-27(17-15-25)36-8-4)24-28-29(6-2)31-35(26-12-10-9-11-13-26)30(28)34-21-19-32(7-3)20-22-34/h9-17H,5-8,18-24H2,1-4H3. The molecule has 0 amide bonds. The lowest BCUT2D eigenvalue weighted by molar-refractivity contribution is 0.254. The maximum Gasteiger partial charge on any atom is 0.137 e. The number of benzene rings is 2. The monoisotopic (exact) mass is 489 g/mol. The number of rotatable bonds is 12. The smallest absolute Gasteiger partial charge is 0.137 e. The van der Waals surface area contributed by atoms with Gasteiger partial charge >= 0.3 is 0 Å². The van der Waals surface area contributed by atoms with E-state index in [-0.39, 0.29) is 0 Å². The topological polar surface area (TPSA) is 36.8 Å². The third-order valence-electron chi connectivity index (χ3n) is 7.06. The maximum absolute atomic E-state index is 5.65. The van der Waals surface area contributed by atoms with Crippen molar-refractivity contribution in [3.8, 4) is 11.4 Å². The van der Waals surface area contributed by atoms with Crippen LogP contribution in [-0.4, -0.2) is 65.5 Å². The number of hydrogen-bond donors (Lipinski definition) is 0. The molecular formula is C30H43N5O. The van der Waals surface area contributed by atoms with Crippen molar-refractivity contribution in [3.05, 3.63) is 71.4 Å². The molecule has 1 fully saturated rings. The Morgan fingerprint density at radius 2 is 1.58 bits per heavy atom. The van der Waals surface area contributed by atoms with Crippen LogP contribution in [-0.2, 0) is 19.5 Å². The van der Waals surface area contributed by atoms with Gasteiger partial charge in [0.1, 0.15) is 11.6 Å². The van der Waals surface area contributed by atoms with Gasteiger partial charge in [-0.2, -0.15) is 5.10 Å². The fraction of sp³-hybridized carbons (Fsp3) is 0.500. The van der Waals surface area contributed by atoms with E-state index >= 15 is 0 Å². The lowest BCUT2D eigenvalue weighted by Gasteiger charge is -2.36. The van der Waals surface area contributed by atoms with Crippen molar-refractivity contribution in [3.63, 3.8) is 0 Å². The number of ether oxygens (including phenoxy) is 1. The third-order valence-corrected chi connectivity index (χ3v) is 7.06. The molecule has 0 radical (unpaired) electrons. The lowest BCUT2D eigenvalue weighted by Crippen LogP contribution is -2.47. The van der Waals surface area contributed by atoms with E-state index in [1.807, 2.05) is 6.92 Å². The van der Waals surface area contributed by atoms with Gasteiger partial charge in [-0.15, -0.1) is 0 Å². The van der Waals surface area contributed by atoms with Gasteiger partial charge in [0.25, 0.3) is 0 Å². The summed E-state index contributed by atoms with van der Waals surface area (Å²) < 4.78 is 7.85. The first kappa shape index (κ1) is 26.2. The van der Waals surface area contributed by atoms with Crippen molar-refractivity contribution >= 4 is 5.82 Å². The molecular weight excluding hydrogens is 446 g/mol. The van der Waals surface area contributed by atoms with Gasteiger partial charge < -0.3 is 14.5 Å². The predicted octanol–water partition coefficient (Wildman–Crippen LogP) is 5.39. The molecule has 0 aliphatic carbocycles. The number of aryl methyl sites for hydroxylation is 1. The minimum absolute atomic E-state index is 0.696. The van der Waals surface area contributed by atoms with Crippen LogP contribution in [0, 0.1) is 0 Å². The second kappa shape index (κ2) is 12.9. The van der Waals surface area contributed by atoms with E-state index in [1.54, 1.807) is 0 Å². The molecule has 194 valence electrons. The van der Waals surface area contributed by atoms with E-state index in [2.05, 4.69) is 94.8 Å². The number of hydrogen-bond acceptors (Lipinski definition) is 5. The van der Waals surface area contributed by atoms with Gasteiger partial charge in [0.2, 0.25) is 0 Å². The van der Waals surface area contributed by atoms with E-state index < -0.39 is 0 Å². The van der Waals surface area contributed by atoms with Crippen LogP contribution >= 0.6 is 0 Å². The molecule has 1 saturated heterocycles. The summed E-state index contributed by atoms with van der Waals surface area (Å²) >= 11 is 0. The Labute approximate surface area is 217 Å². The second-order valence-electron chi connectivity index (χ2n) is 9.56. The molecule has 0 atom stereocenters. The number of anilines is 1. The molecule has 0 spiro atoms. The highest BCUT2D eigenvalue weighted by Crippen LogP contribution is 2.31. The van der Waals surface area contributed by atoms with Crippen LogP contribution in [0.15, 0.2) is 54.6 Å². The highest BCUT2D eigenvalue weighted by molar-refractivity contribution is 5.56. The van der Waals surface area contributed by atoms with Crippen molar-refractivity contribution in [1.29, 1.82) is 0 Å². The highest BCUT2D eigenvalue weighted by atomic mass is 16.5. The Morgan fingerprint density at radius 3 is 2.19 bits per heavy atom. The Hall–Kier alpha value is -2.83. The van der Waals surface area contributed by atoms with Crippen LogP contribution in [0.2, 0.25) is 0 Å². The van der Waals surface area contributed by atoms with Crippen molar-refractivity contribution in [2.24, 2.45) is 0 Å². The zero-order valence-electron chi connectivity index (χ0n) is 22.6. The molecule has 0 saturated carbocycles. The highest BCUT2D eigenvalue weighted by Gasteiger charge is 2.27. The molecule has 2 heterocycles. The van der Waals surface area contributed by atoms with Crippen LogP contribution in [0.25, 0.3) is 5.69 Å². The predicted molar refractivity (Wildman–Crippen MR) is 149 cm³/mol. The number of likely N-dealkylation sites (N-methyl/N-ethyl adjacent to an activating group) is 1. The van der Waals surface area contributed by atoms with Crippen molar-refractivity contribution in [2.45, 2.75) is 53.6 Å². The van der Waals surface area contributed by atoms with Crippen LogP contribution in [0.3, 0.4) is 0 Å². The summed E-state index contributed by atoms with van der Waals surface area (Å²) in [7, 11) is 0. The summed E-state index contributed by atoms with van der Waals surface area (Å²) in [5.41, 5.74) is 5.05. The Bertz CT molecular complexity index is 1050. The number of para-hydroxylation sites is 1. The fourth-order valence-electron chi connectivity index (χ4n) is 5.15. The van der Waals surface area contributed by atoms with Gasteiger partial charge in [0.05, 0.1) is 18.0 Å². The summed E-state index contributed by atoms with van der Waals surface area (Å²) in [6.07, 6.45) is 2.05. The van der Waals surface area contributed by atoms with Gasteiger partial charge in [-0.3, -0.25) is 4.90 Å². The Balaban J connectivity index is 1.66. The molecule has 4 rings (SSSR count). The first-order valence-electron chi connectivity index (χ1n) is 13.7. The van der Waals surface area contributed by atoms with Crippen LogP contribution in [0.5, 0.6) is 5.75 Å². The summed E-state index contributed by atoms with van der Waals surface area (Å²) in [6, 6.07) is 19.2. The van der Waals surface area contributed by atoms with E-state index in [4.69, 9.17) is 9.84 Å². The summed E-state index contributed by atoms with van der Waals surface area (Å²) in [6.45, 7) is 17.7. The maximum atomic E-state index is 5.65. The molecule has 1 aliphatic heterocycles. The van der Waals surface area contributed by atoms with E-state index in [1.165, 1.54) is 22.6 Å². The van der Waals surface area contributed by atoms with E-state index in [0.29, 0.717) is 6.61 Å². The zero-order valence-corrected chi connectivity index (χ0v) is 22.6. The minimum atomic E-state index is 0.696. The summed E-state index contributed by atoms with van der Waals surface area (Å²) in [5.74, 6) is 2.22. The van der Waals surface area contributed by atoms with E-state index in [9.17, 15) is 0 Å². The minimum Gasteiger partial charge on any atom is -0.494 e. The average molecular weight is 490 g/mol. The molecule has 6 heteroatoms. The molecule has 0 unspecified atom stereocenters. The largest absolute Gasteiger partial charge is 0.494 e. The van der Waals surface area contributed by atoms with Crippen LogP contribution < -0.4 is 9.64 Å².